The van der Waals surface area contributed by atoms with E-state index < -0.39 is 0 Å². The van der Waals surface area contributed by atoms with Crippen molar-refractivity contribution in [2.45, 2.75) is 32.4 Å². The Morgan fingerprint density at radius 2 is 1.86 bits per heavy atom. The maximum absolute atomic E-state index is 11.2. The molecule has 6 nitrogen and oxygen atoms in total. The molecule has 1 heterocycles. The minimum atomic E-state index is -0.0680. The first kappa shape index (κ1) is 23.0. The van der Waals surface area contributed by atoms with Crippen molar-refractivity contribution in [3.05, 3.63) is 60.2 Å². The lowest BCUT2D eigenvalue weighted by molar-refractivity contribution is -0.114. The number of rotatable bonds is 5. The van der Waals surface area contributed by atoms with E-state index in [9.17, 15) is 4.79 Å². The van der Waals surface area contributed by atoms with Crippen molar-refractivity contribution in [2.75, 3.05) is 25.5 Å². The van der Waals surface area contributed by atoms with Crippen LogP contribution in [0.1, 0.15) is 25.3 Å². The highest BCUT2D eigenvalue weighted by atomic mass is 127. The van der Waals surface area contributed by atoms with E-state index in [1.807, 2.05) is 61.6 Å². The minimum Gasteiger partial charge on any atom is -0.490 e. The van der Waals surface area contributed by atoms with Crippen LogP contribution in [0.2, 0.25) is 0 Å². The number of ether oxygens (including phenoxy) is 1. The van der Waals surface area contributed by atoms with Crippen LogP contribution in [0.5, 0.6) is 5.75 Å². The predicted octanol–water partition coefficient (Wildman–Crippen LogP) is 3.88. The standard InChI is InChI=1S/C22H28N4O2.HI/c1-17(27)25-19-8-6-7-18(15-19)16-24-22(23-2)26-13-11-21(12-14-26)28-20-9-4-3-5-10-20;/h3-10,15,21H,11-14,16H2,1-2H3,(H,23,24)(H,25,27);1H. The molecule has 29 heavy (non-hydrogen) atoms. The highest BCUT2D eigenvalue weighted by Gasteiger charge is 2.22. The first-order valence-electron chi connectivity index (χ1n) is 9.68. The number of guanidine groups is 1. The van der Waals surface area contributed by atoms with E-state index in [1.165, 1.54) is 6.92 Å². The van der Waals surface area contributed by atoms with Crippen LogP contribution in [0.3, 0.4) is 0 Å². The van der Waals surface area contributed by atoms with E-state index in [-0.39, 0.29) is 36.0 Å². The van der Waals surface area contributed by atoms with Crippen molar-refractivity contribution in [3.8, 4) is 5.75 Å². The molecule has 1 fully saturated rings. The largest absolute Gasteiger partial charge is 0.490 e. The fraction of sp³-hybridized carbons (Fsp3) is 0.364. The molecule has 7 heteroatoms. The Morgan fingerprint density at radius 1 is 1.14 bits per heavy atom. The molecule has 0 radical (unpaired) electrons. The summed E-state index contributed by atoms with van der Waals surface area (Å²) in [6, 6.07) is 17.8. The molecule has 0 bridgehead atoms. The van der Waals surface area contributed by atoms with Crippen LogP contribution >= 0.6 is 24.0 Å². The predicted molar refractivity (Wildman–Crippen MR) is 128 cm³/mol. The third-order valence-corrected chi connectivity index (χ3v) is 4.70. The van der Waals surface area contributed by atoms with Crippen molar-refractivity contribution < 1.29 is 9.53 Å². The summed E-state index contributed by atoms with van der Waals surface area (Å²) in [6.07, 6.45) is 2.17. The molecule has 1 aliphatic rings. The number of likely N-dealkylation sites (tertiary alicyclic amines) is 1. The number of aliphatic imine (C=N–C) groups is 1. The van der Waals surface area contributed by atoms with Gasteiger partial charge >= 0.3 is 0 Å². The Labute approximate surface area is 189 Å². The zero-order valence-corrected chi connectivity index (χ0v) is 19.3. The summed E-state index contributed by atoms with van der Waals surface area (Å²) in [5.74, 6) is 1.76. The molecule has 3 rings (SSSR count). The van der Waals surface area contributed by atoms with Gasteiger partial charge in [0.15, 0.2) is 5.96 Å². The van der Waals surface area contributed by atoms with Gasteiger partial charge in [-0.25, -0.2) is 0 Å². The molecule has 1 aliphatic heterocycles. The molecule has 0 spiro atoms. The number of halogens is 1. The number of amides is 1. The molecule has 2 N–H and O–H groups in total. The highest BCUT2D eigenvalue weighted by molar-refractivity contribution is 14.0. The summed E-state index contributed by atoms with van der Waals surface area (Å²) < 4.78 is 6.07. The van der Waals surface area contributed by atoms with Crippen LogP contribution in [0.25, 0.3) is 0 Å². The van der Waals surface area contributed by atoms with Gasteiger partial charge in [0.05, 0.1) is 0 Å². The Kier molecular flexibility index (Phi) is 9.24. The maximum atomic E-state index is 11.2. The van der Waals surface area contributed by atoms with Gasteiger partial charge in [0.25, 0.3) is 0 Å². The van der Waals surface area contributed by atoms with Gasteiger partial charge in [0.1, 0.15) is 11.9 Å². The van der Waals surface area contributed by atoms with E-state index in [2.05, 4.69) is 20.5 Å². The van der Waals surface area contributed by atoms with E-state index in [0.717, 1.165) is 48.9 Å². The van der Waals surface area contributed by atoms with Crippen LogP contribution in [-0.2, 0) is 11.3 Å². The molecular weight excluding hydrogens is 479 g/mol. The summed E-state index contributed by atoms with van der Waals surface area (Å²) in [4.78, 5) is 17.9. The second-order valence-corrected chi connectivity index (χ2v) is 6.90. The molecule has 2 aromatic rings. The van der Waals surface area contributed by atoms with Crippen molar-refractivity contribution in [1.82, 2.24) is 10.2 Å². The Morgan fingerprint density at radius 3 is 2.52 bits per heavy atom. The monoisotopic (exact) mass is 508 g/mol. The third-order valence-electron chi connectivity index (χ3n) is 4.70. The topological polar surface area (TPSA) is 66.0 Å². The fourth-order valence-electron chi connectivity index (χ4n) is 3.35. The first-order valence-corrected chi connectivity index (χ1v) is 9.68. The van der Waals surface area contributed by atoms with Crippen molar-refractivity contribution >= 4 is 41.5 Å². The zero-order valence-electron chi connectivity index (χ0n) is 16.9. The van der Waals surface area contributed by atoms with Crippen LogP contribution in [0.15, 0.2) is 59.6 Å². The molecule has 1 saturated heterocycles. The number of anilines is 1. The lowest BCUT2D eigenvalue weighted by Crippen LogP contribution is -2.47. The second kappa shape index (κ2) is 11.6. The van der Waals surface area contributed by atoms with Gasteiger partial charge in [-0.15, -0.1) is 24.0 Å². The minimum absolute atomic E-state index is 0. The van der Waals surface area contributed by atoms with Gasteiger partial charge in [-0.3, -0.25) is 9.79 Å². The first-order chi connectivity index (χ1) is 13.6. The number of benzene rings is 2. The molecule has 1 amide bonds. The summed E-state index contributed by atoms with van der Waals surface area (Å²) in [6.45, 7) is 3.98. The molecule has 2 aromatic carbocycles. The summed E-state index contributed by atoms with van der Waals surface area (Å²) in [5, 5.41) is 6.24. The summed E-state index contributed by atoms with van der Waals surface area (Å²) in [7, 11) is 1.81. The normalized spacial score (nSPS) is 14.7. The van der Waals surface area contributed by atoms with Crippen LogP contribution in [-0.4, -0.2) is 43.0 Å². The number of nitrogens with one attached hydrogen (secondary N) is 2. The number of hydrogen-bond donors (Lipinski definition) is 2. The van der Waals surface area contributed by atoms with Crippen LogP contribution in [0.4, 0.5) is 5.69 Å². The summed E-state index contributed by atoms with van der Waals surface area (Å²) >= 11 is 0. The Bertz CT molecular complexity index is 805. The number of carbonyl (C=O) groups excluding carboxylic acids is 1. The van der Waals surface area contributed by atoms with Crippen LogP contribution < -0.4 is 15.4 Å². The number of para-hydroxylation sites is 1. The fourth-order valence-corrected chi connectivity index (χ4v) is 3.35. The highest BCUT2D eigenvalue weighted by Crippen LogP contribution is 2.19. The van der Waals surface area contributed by atoms with Crippen LogP contribution in [0, 0.1) is 0 Å². The van der Waals surface area contributed by atoms with Gasteiger partial charge in [-0.05, 0) is 29.8 Å². The Balaban J connectivity index is 0.00000300. The smallest absolute Gasteiger partial charge is 0.221 e. The summed E-state index contributed by atoms with van der Waals surface area (Å²) in [5.41, 5.74) is 1.90. The number of hydrogen-bond acceptors (Lipinski definition) is 3. The quantitative estimate of drug-likeness (QED) is 0.366. The lowest BCUT2D eigenvalue weighted by atomic mass is 10.1. The average Bonchev–Trinajstić information content (AvgIpc) is 2.70. The van der Waals surface area contributed by atoms with Gasteiger partial charge in [-0.2, -0.15) is 0 Å². The second-order valence-electron chi connectivity index (χ2n) is 6.90. The molecule has 0 atom stereocenters. The molecule has 0 saturated carbocycles. The maximum Gasteiger partial charge on any atom is 0.221 e. The van der Waals surface area contributed by atoms with Crippen molar-refractivity contribution in [1.29, 1.82) is 0 Å². The average molecular weight is 508 g/mol. The zero-order chi connectivity index (χ0) is 19.8. The number of piperidine rings is 1. The van der Waals surface area contributed by atoms with Crippen molar-refractivity contribution in [3.63, 3.8) is 0 Å². The van der Waals surface area contributed by atoms with Gasteiger partial charge in [0, 0.05) is 52.1 Å². The van der Waals surface area contributed by atoms with E-state index in [0.29, 0.717) is 6.54 Å². The SMILES string of the molecule is CN=C(NCc1cccc(NC(C)=O)c1)N1CCC(Oc2ccccc2)CC1.I. The van der Waals surface area contributed by atoms with E-state index in [1.54, 1.807) is 0 Å². The Hall–Kier alpha value is -2.29. The lowest BCUT2D eigenvalue weighted by Gasteiger charge is -2.34. The van der Waals surface area contributed by atoms with Crippen molar-refractivity contribution in [2.24, 2.45) is 4.99 Å². The number of nitrogens with zero attached hydrogens (tertiary/aromatic N) is 2. The molecule has 156 valence electrons. The molecular formula is C22H29IN4O2. The van der Waals surface area contributed by atoms with E-state index >= 15 is 0 Å². The number of carbonyl (C=O) groups is 1. The molecule has 0 aliphatic carbocycles. The van der Waals surface area contributed by atoms with Gasteiger partial charge < -0.3 is 20.3 Å². The molecule has 0 aromatic heterocycles. The van der Waals surface area contributed by atoms with Gasteiger partial charge in [0.2, 0.25) is 5.91 Å². The third kappa shape index (κ3) is 7.23. The van der Waals surface area contributed by atoms with E-state index in [4.69, 9.17) is 4.74 Å². The van der Waals surface area contributed by atoms with Gasteiger partial charge in [-0.1, -0.05) is 30.3 Å². The molecule has 0 unspecified atom stereocenters.